The summed E-state index contributed by atoms with van der Waals surface area (Å²) >= 11 is 0. The number of rotatable bonds is 2. The average molecular weight is 191 g/mol. The Labute approximate surface area is 85.7 Å². The molecule has 1 rings (SSSR count). The summed E-state index contributed by atoms with van der Waals surface area (Å²) in [6.45, 7) is 4.30. The van der Waals surface area contributed by atoms with Crippen LogP contribution in [0, 0.1) is 28.1 Å². The molecule has 2 atom stereocenters. The molecule has 76 valence electrons. The van der Waals surface area contributed by atoms with Gasteiger partial charge in [-0.1, -0.05) is 26.7 Å². The van der Waals surface area contributed by atoms with Gasteiger partial charge in [-0.15, -0.1) is 0 Å². The number of nitriles is 2. The molecule has 0 bridgehead atoms. The number of hydrogen-bond acceptors (Lipinski definition) is 3. The van der Waals surface area contributed by atoms with Gasteiger partial charge in [-0.2, -0.15) is 10.5 Å². The molecule has 0 spiro atoms. The molecule has 0 aromatic rings. The summed E-state index contributed by atoms with van der Waals surface area (Å²) in [5.41, 5.74) is 0.200. The van der Waals surface area contributed by atoms with Gasteiger partial charge >= 0.3 is 0 Å². The van der Waals surface area contributed by atoms with Crippen LogP contribution < -0.4 is 5.32 Å². The Kier molecular flexibility index (Phi) is 3.49. The summed E-state index contributed by atoms with van der Waals surface area (Å²) in [7, 11) is 0. The van der Waals surface area contributed by atoms with E-state index in [0.29, 0.717) is 0 Å². The van der Waals surface area contributed by atoms with Gasteiger partial charge in [0.2, 0.25) is 0 Å². The summed E-state index contributed by atoms with van der Waals surface area (Å²) in [4.78, 5) is 0. The monoisotopic (exact) mass is 191 g/mol. The van der Waals surface area contributed by atoms with Crippen LogP contribution in [-0.2, 0) is 0 Å². The molecular formula is C11H17N3. The topological polar surface area (TPSA) is 59.6 Å². The van der Waals surface area contributed by atoms with Gasteiger partial charge < -0.3 is 0 Å². The maximum absolute atomic E-state index is 8.91. The molecule has 0 aromatic carbocycles. The molecule has 3 nitrogen and oxygen atoms in total. The lowest BCUT2D eigenvalue weighted by Gasteiger charge is -2.40. The Bertz CT molecular complexity index is 243. The predicted molar refractivity (Wildman–Crippen MR) is 54.2 cm³/mol. The van der Waals surface area contributed by atoms with Crippen molar-refractivity contribution in [2.24, 2.45) is 5.41 Å². The van der Waals surface area contributed by atoms with E-state index in [2.05, 4.69) is 31.3 Å². The standard InChI is InChI=1S/C11H17N3/c1-3-11(4-2)5-9(7-12)14-10(6-11)8-13/h9-10,14H,3-6H2,1-2H3/t9-,10-/m1/s1. The molecule has 3 heteroatoms. The van der Waals surface area contributed by atoms with E-state index >= 15 is 0 Å². The van der Waals surface area contributed by atoms with Crippen molar-refractivity contribution >= 4 is 0 Å². The molecule has 1 heterocycles. The molecule has 14 heavy (non-hydrogen) atoms. The van der Waals surface area contributed by atoms with E-state index in [0.717, 1.165) is 25.7 Å². The first-order valence-electron chi connectivity index (χ1n) is 5.25. The third kappa shape index (κ3) is 2.05. The number of hydrogen-bond donors (Lipinski definition) is 1. The molecule has 1 fully saturated rings. The zero-order valence-electron chi connectivity index (χ0n) is 8.88. The van der Waals surface area contributed by atoms with E-state index in [1.807, 2.05) is 0 Å². The van der Waals surface area contributed by atoms with E-state index in [4.69, 9.17) is 10.5 Å². The van der Waals surface area contributed by atoms with Crippen molar-refractivity contribution in [2.45, 2.75) is 51.6 Å². The zero-order chi connectivity index (χ0) is 10.6. The van der Waals surface area contributed by atoms with Crippen molar-refractivity contribution in [3.8, 4) is 12.1 Å². The minimum Gasteiger partial charge on any atom is -0.287 e. The van der Waals surface area contributed by atoms with Crippen molar-refractivity contribution < 1.29 is 0 Å². The van der Waals surface area contributed by atoms with E-state index in [-0.39, 0.29) is 17.5 Å². The predicted octanol–water partition coefficient (Wildman–Crippen LogP) is 1.96. The van der Waals surface area contributed by atoms with Crippen molar-refractivity contribution in [1.82, 2.24) is 5.32 Å². The molecule has 0 saturated carbocycles. The van der Waals surface area contributed by atoms with E-state index in [1.165, 1.54) is 0 Å². The van der Waals surface area contributed by atoms with Crippen LogP contribution in [0.4, 0.5) is 0 Å². The number of piperidine rings is 1. The van der Waals surface area contributed by atoms with Crippen LogP contribution in [0.3, 0.4) is 0 Å². The fourth-order valence-corrected chi connectivity index (χ4v) is 2.30. The van der Waals surface area contributed by atoms with Gasteiger partial charge in [0.1, 0.15) is 0 Å². The van der Waals surface area contributed by atoms with E-state index in [1.54, 1.807) is 0 Å². The highest BCUT2D eigenvalue weighted by molar-refractivity contribution is 5.07. The van der Waals surface area contributed by atoms with E-state index in [9.17, 15) is 0 Å². The van der Waals surface area contributed by atoms with Gasteiger partial charge in [0.15, 0.2) is 0 Å². The average Bonchev–Trinajstić information content (AvgIpc) is 2.28. The Hall–Kier alpha value is -1.06. The van der Waals surface area contributed by atoms with Crippen molar-refractivity contribution in [3.63, 3.8) is 0 Å². The highest BCUT2D eigenvalue weighted by Gasteiger charge is 2.37. The minimum atomic E-state index is -0.145. The molecule has 1 N–H and O–H groups in total. The van der Waals surface area contributed by atoms with Crippen LogP contribution in [0.5, 0.6) is 0 Å². The first kappa shape index (κ1) is 11.0. The van der Waals surface area contributed by atoms with Gasteiger partial charge in [-0.05, 0) is 18.3 Å². The second-order valence-electron chi connectivity index (χ2n) is 4.15. The third-order valence-electron chi connectivity index (χ3n) is 3.49. The molecule has 1 aliphatic heterocycles. The summed E-state index contributed by atoms with van der Waals surface area (Å²) in [5.74, 6) is 0. The SMILES string of the molecule is CCC1(CC)C[C@H](C#N)N[C@@H](C#N)C1. The molecule has 0 aliphatic carbocycles. The van der Waals surface area contributed by atoms with Crippen molar-refractivity contribution in [3.05, 3.63) is 0 Å². The minimum absolute atomic E-state index is 0.145. The van der Waals surface area contributed by atoms with Crippen LogP contribution in [0.2, 0.25) is 0 Å². The molecule has 1 aliphatic rings. The lowest BCUT2D eigenvalue weighted by Crippen LogP contribution is -2.48. The summed E-state index contributed by atoms with van der Waals surface area (Å²) in [6, 6.07) is 4.17. The van der Waals surface area contributed by atoms with Crippen LogP contribution in [0.15, 0.2) is 0 Å². The highest BCUT2D eigenvalue weighted by atomic mass is 15.0. The highest BCUT2D eigenvalue weighted by Crippen LogP contribution is 2.39. The van der Waals surface area contributed by atoms with Gasteiger partial charge in [0.05, 0.1) is 24.2 Å². The second-order valence-corrected chi connectivity index (χ2v) is 4.15. The van der Waals surface area contributed by atoms with E-state index < -0.39 is 0 Å². The van der Waals surface area contributed by atoms with Gasteiger partial charge in [0.25, 0.3) is 0 Å². The maximum Gasteiger partial charge on any atom is 0.0968 e. The van der Waals surface area contributed by atoms with Crippen LogP contribution in [-0.4, -0.2) is 12.1 Å². The number of nitrogens with zero attached hydrogens (tertiary/aromatic N) is 2. The fraction of sp³-hybridized carbons (Fsp3) is 0.818. The zero-order valence-corrected chi connectivity index (χ0v) is 8.88. The Morgan fingerprint density at radius 1 is 1.14 bits per heavy atom. The molecule has 0 aromatic heterocycles. The van der Waals surface area contributed by atoms with Crippen LogP contribution in [0.25, 0.3) is 0 Å². The summed E-state index contributed by atoms with van der Waals surface area (Å²) < 4.78 is 0. The van der Waals surface area contributed by atoms with Gasteiger partial charge in [-0.3, -0.25) is 5.32 Å². The maximum atomic E-state index is 8.91. The largest absolute Gasteiger partial charge is 0.287 e. The van der Waals surface area contributed by atoms with Gasteiger partial charge in [-0.25, -0.2) is 0 Å². The van der Waals surface area contributed by atoms with Gasteiger partial charge in [0, 0.05) is 0 Å². The summed E-state index contributed by atoms with van der Waals surface area (Å²) in [6.07, 6.45) is 3.88. The lowest BCUT2D eigenvalue weighted by atomic mass is 9.70. The van der Waals surface area contributed by atoms with Crippen molar-refractivity contribution in [2.75, 3.05) is 0 Å². The first-order valence-corrected chi connectivity index (χ1v) is 5.25. The number of nitrogens with one attached hydrogen (secondary N) is 1. The smallest absolute Gasteiger partial charge is 0.0968 e. The van der Waals surface area contributed by atoms with Crippen LogP contribution in [0.1, 0.15) is 39.5 Å². The molecule has 0 radical (unpaired) electrons. The summed E-state index contributed by atoms with van der Waals surface area (Å²) in [5, 5.41) is 20.9. The second kappa shape index (κ2) is 4.44. The molecule has 0 amide bonds. The van der Waals surface area contributed by atoms with Crippen LogP contribution >= 0.6 is 0 Å². The lowest BCUT2D eigenvalue weighted by molar-refractivity contribution is 0.147. The molecule has 1 saturated heterocycles. The normalized spacial score (nSPS) is 30.3. The Morgan fingerprint density at radius 3 is 1.86 bits per heavy atom. The molecule has 0 unspecified atom stereocenters. The Balaban J connectivity index is 2.80. The molecular weight excluding hydrogens is 174 g/mol. The quantitative estimate of drug-likeness (QED) is 0.725. The van der Waals surface area contributed by atoms with Crippen molar-refractivity contribution in [1.29, 1.82) is 10.5 Å². The first-order chi connectivity index (χ1) is 6.69. The fourth-order valence-electron chi connectivity index (χ4n) is 2.30. The Morgan fingerprint density at radius 2 is 1.57 bits per heavy atom. The third-order valence-corrected chi connectivity index (χ3v) is 3.49.